The molecular weight excluding hydrogens is 294 g/mol. The molecule has 124 valence electrons. The molecule has 2 rings (SSSR count). The first kappa shape index (κ1) is 17.8. The molecule has 22 heavy (non-hydrogen) atoms. The molecule has 0 heterocycles. The van der Waals surface area contributed by atoms with Gasteiger partial charge in [0.05, 0.1) is 5.60 Å². The average molecular weight is 324 g/mol. The van der Waals surface area contributed by atoms with E-state index in [2.05, 4.69) is 38.1 Å². The van der Waals surface area contributed by atoms with Crippen LogP contribution in [0, 0.1) is 5.92 Å². The topological polar surface area (TPSA) is 23.5 Å². The molecule has 2 nitrogen and oxygen atoms in total. The largest absolute Gasteiger partial charge is 0.390 e. The van der Waals surface area contributed by atoms with Crippen LogP contribution in [-0.2, 0) is 0 Å². The highest BCUT2D eigenvalue weighted by Crippen LogP contribution is 2.42. The lowest BCUT2D eigenvalue weighted by molar-refractivity contribution is -0.0285. The standard InChI is InChI=1S/C19H30ClNO/c1-4-5-12-19(22)13-10-16(11-14-19)18(21(2)3)15-6-8-17(20)9-7-15/h6-9,16,18,22H,4-5,10-14H2,1-3H3. The quantitative estimate of drug-likeness (QED) is 0.791. The van der Waals surface area contributed by atoms with Gasteiger partial charge in [-0.05, 0) is 69.8 Å². The molecule has 1 aromatic carbocycles. The highest BCUT2D eigenvalue weighted by molar-refractivity contribution is 6.30. The predicted octanol–water partition coefficient (Wildman–Crippen LogP) is 5.05. The van der Waals surface area contributed by atoms with Crippen molar-refractivity contribution in [3.05, 3.63) is 34.9 Å². The number of benzene rings is 1. The summed E-state index contributed by atoms with van der Waals surface area (Å²) in [5.41, 5.74) is 0.919. The second-order valence-electron chi connectivity index (χ2n) is 7.13. The van der Waals surface area contributed by atoms with Gasteiger partial charge in [-0.25, -0.2) is 0 Å². The molecule has 3 heteroatoms. The number of halogens is 1. The van der Waals surface area contributed by atoms with E-state index in [1.165, 1.54) is 5.56 Å². The Morgan fingerprint density at radius 3 is 2.32 bits per heavy atom. The summed E-state index contributed by atoms with van der Waals surface area (Å²) < 4.78 is 0. The molecule has 1 aromatic rings. The maximum Gasteiger partial charge on any atom is 0.0648 e. The van der Waals surface area contributed by atoms with Crippen molar-refractivity contribution in [2.45, 2.75) is 63.5 Å². The SMILES string of the molecule is CCCCC1(O)CCC(C(c2ccc(Cl)cc2)N(C)C)CC1. The van der Waals surface area contributed by atoms with Gasteiger partial charge in [-0.15, -0.1) is 0 Å². The van der Waals surface area contributed by atoms with Crippen LogP contribution in [0.15, 0.2) is 24.3 Å². The molecule has 1 atom stereocenters. The van der Waals surface area contributed by atoms with E-state index in [9.17, 15) is 5.11 Å². The molecule has 1 N–H and O–H groups in total. The average Bonchev–Trinajstić information content (AvgIpc) is 2.49. The lowest BCUT2D eigenvalue weighted by Crippen LogP contribution is -2.38. The first-order valence-corrected chi connectivity index (χ1v) is 8.97. The van der Waals surface area contributed by atoms with Crippen LogP contribution in [0.5, 0.6) is 0 Å². The van der Waals surface area contributed by atoms with Crippen LogP contribution >= 0.6 is 11.6 Å². The van der Waals surface area contributed by atoms with Gasteiger partial charge in [0, 0.05) is 11.1 Å². The summed E-state index contributed by atoms with van der Waals surface area (Å²) >= 11 is 6.02. The molecular formula is C19H30ClNO. The van der Waals surface area contributed by atoms with Gasteiger partial charge >= 0.3 is 0 Å². The second kappa shape index (κ2) is 7.81. The molecule has 1 saturated carbocycles. The van der Waals surface area contributed by atoms with Crippen LogP contribution < -0.4 is 0 Å². The summed E-state index contributed by atoms with van der Waals surface area (Å²) in [7, 11) is 4.30. The zero-order valence-corrected chi connectivity index (χ0v) is 14.9. The number of hydrogen-bond acceptors (Lipinski definition) is 2. The third kappa shape index (κ3) is 4.47. The Labute approximate surface area is 140 Å². The van der Waals surface area contributed by atoms with E-state index in [0.717, 1.165) is 50.0 Å². The third-order valence-corrected chi connectivity index (χ3v) is 5.42. The lowest BCUT2D eigenvalue weighted by Gasteiger charge is -2.41. The van der Waals surface area contributed by atoms with Crippen molar-refractivity contribution in [1.82, 2.24) is 4.90 Å². The number of aliphatic hydroxyl groups is 1. The van der Waals surface area contributed by atoms with E-state index < -0.39 is 5.60 Å². The smallest absolute Gasteiger partial charge is 0.0648 e. The molecule has 0 radical (unpaired) electrons. The van der Waals surface area contributed by atoms with Gasteiger partial charge in [-0.1, -0.05) is 43.5 Å². The Hall–Kier alpha value is -0.570. The molecule has 0 aliphatic heterocycles. The molecule has 0 amide bonds. The normalized spacial score (nSPS) is 27.1. The van der Waals surface area contributed by atoms with Crippen molar-refractivity contribution in [3.8, 4) is 0 Å². The van der Waals surface area contributed by atoms with Gasteiger partial charge < -0.3 is 10.0 Å². The van der Waals surface area contributed by atoms with Gasteiger partial charge in [0.15, 0.2) is 0 Å². The van der Waals surface area contributed by atoms with Crippen LogP contribution in [0.2, 0.25) is 5.02 Å². The van der Waals surface area contributed by atoms with Crippen LogP contribution in [0.3, 0.4) is 0 Å². The fourth-order valence-electron chi connectivity index (χ4n) is 3.90. The first-order chi connectivity index (χ1) is 10.4. The molecule has 0 spiro atoms. The minimum Gasteiger partial charge on any atom is -0.390 e. The van der Waals surface area contributed by atoms with Gasteiger partial charge in [0.2, 0.25) is 0 Å². The Balaban J connectivity index is 2.04. The van der Waals surface area contributed by atoms with Crippen molar-refractivity contribution < 1.29 is 5.11 Å². The summed E-state index contributed by atoms with van der Waals surface area (Å²) in [5, 5.41) is 11.5. The zero-order valence-electron chi connectivity index (χ0n) is 14.2. The van der Waals surface area contributed by atoms with Crippen molar-refractivity contribution >= 4 is 11.6 Å². The molecule has 1 fully saturated rings. The van der Waals surface area contributed by atoms with Gasteiger partial charge in [0.25, 0.3) is 0 Å². The molecule has 0 bridgehead atoms. The van der Waals surface area contributed by atoms with Crippen LogP contribution in [0.1, 0.15) is 63.5 Å². The van der Waals surface area contributed by atoms with Crippen LogP contribution in [0.25, 0.3) is 0 Å². The van der Waals surface area contributed by atoms with Gasteiger partial charge in [0.1, 0.15) is 0 Å². The Bertz CT molecular complexity index is 449. The van der Waals surface area contributed by atoms with Crippen LogP contribution in [-0.4, -0.2) is 29.7 Å². The summed E-state index contributed by atoms with van der Waals surface area (Å²) in [6, 6.07) is 8.66. The van der Waals surface area contributed by atoms with E-state index in [0.29, 0.717) is 12.0 Å². The molecule has 1 aliphatic rings. The maximum atomic E-state index is 10.7. The third-order valence-electron chi connectivity index (χ3n) is 5.17. The number of hydrogen-bond donors (Lipinski definition) is 1. The lowest BCUT2D eigenvalue weighted by atomic mass is 9.72. The Kier molecular flexibility index (Phi) is 6.31. The fraction of sp³-hybridized carbons (Fsp3) is 0.684. The number of rotatable bonds is 6. The van der Waals surface area contributed by atoms with E-state index in [1.807, 2.05) is 12.1 Å². The Morgan fingerprint density at radius 1 is 1.23 bits per heavy atom. The fourth-order valence-corrected chi connectivity index (χ4v) is 4.03. The van der Waals surface area contributed by atoms with E-state index >= 15 is 0 Å². The highest BCUT2D eigenvalue weighted by Gasteiger charge is 2.36. The summed E-state index contributed by atoms with van der Waals surface area (Å²) in [4.78, 5) is 2.31. The minimum atomic E-state index is -0.413. The second-order valence-corrected chi connectivity index (χ2v) is 7.56. The van der Waals surface area contributed by atoms with Crippen molar-refractivity contribution in [3.63, 3.8) is 0 Å². The van der Waals surface area contributed by atoms with Crippen LogP contribution in [0.4, 0.5) is 0 Å². The molecule has 0 aromatic heterocycles. The van der Waals surface area contributed by atoms with E-state index in [1.54, 1.807) is 0 Å². The van der Waals surface area contributed by atoms with Crippen molar-refractivity contribution in [2.75, 3.05) is 14.1 Å². The molecule has 0 saturated heterocycles. The summed E-state index contributed by atoms with van der Waals surface area (Å²) in [6.07, 6.45) is 7.35. The molecule has 1 unspecified atom stereocenters. The number of nitrogens with zero attached hydrogens (tertiary/aromatic N) is 1. The highest BCUT2D eigenvalue weighted by atomic mass is 35.5. The van der Waals surface area contributed by atoms with Crippen molar-refractivity contribution in [2.24, 2.45) is 5.92 Å². The van der Waals surface area contributed by atoms with E-state index in [-0.39, 0.29) is 0 Å². The predicted molar refractivity (Wildman–Crippen MR) is 94.3 cm³/mol. The zero-order chi connectivity index (χ0) is 16.2. The number of unbranched alkanes of at least 4 members (excludes halogenated alkanes) is 1. The summed E-state index contributed by atoms with van der Waals surface area (Å²) in [6.45, 7) is 2.19. The molecule has 1 aliphatic carbocycles. The van der Waals surface area contributed by atoms with Crippen molar-refractivity contribution in [1.29, 1.82) is 0 Å². The summed E-state index contributed by atoms with van der Waals surface area (Å²) in [5.74, 6) is 0.609. The Morgan fingerprint density at radius 2 is 1.82 bits per heavy atom. The minimum absolute atomic E-state index is 0.410. The maximum absolute atomic E-state index is 10.7. The van der Waals surface area contributed by atoms with Gasteiger partial charge in [-0.2, -0.15) is 0 Å². The van der Waals surface area contributed by atoms with Gasteiger partial charge in [-0.3, -0.25) is 0 Å². The first-order valence-electron chi connectivity index (χ1n) is 8.59. The van der Waals surface area contributed by atoms with E-state index in [4.69, 9.17) is 11.6 Å². The monoisotopic (exact) mass is 323 g/mol.